The third kappa shape index (κ3) is 2.92. The first-order chi connectivity index (χ1) is 15.5. The van der Waals surface area contributed by atoms with Gasteiger partial charge in [-0.05, 0) is 39.3 Å². The first kappa shape index (κ1) is 21.0. The number of phenols is 3. The number of aromatic hydroxyl groups is 3. The Labute approximate surface area is 189 Å². The van der Waals surface area contributed by atoms with Gasteiger partial charge in [-0.2, -0.15) is 0 Å². The summed E-state index contributed by atoms with van der Waals surface area (Å²) in [6, 6.07) is 2.71. The molecule has 1 aliphatic carbocycles. The lowest BCUT2D eigenvalue weighted by Crippen LogP contribution is -2.27. The average molecular weight is 448 g/mol. The molecule has 0 saturated carbocycles. The molecule has 1 aliphatic heterocycles. The number of benzene rings is 2. The number of rotatable bonds is 2. The number of ether oxygens (including phenoxy) is 2. The van der Waals surface area contributed by atoms with Crippen LogP contribution < -0.4 is 14.9 Å². The zero-order valence-corrected chi connectivity index (χ0v) is 18.8. The number of hydrogen-bond donors (Lipinski definition) is 3. The Balaban J connectivity index is 1.92. The standard InChI is InChI=1S/C26H24O7/c1-11(2)13-8-14-22(29)21-16(28)9-17-12(6-7-26(3,4)33-17)24(21)32-25(14)20-15(27)10-18(31-5)23(30)19(13)20/h6-7,9-10,13,27-28,30H,1,8H2,2-5H3/t13-/m0/s1. The van der Waals surface area contributed by atoms with Gasteiger partial charge in [0.1, 0.15) is 34.0 Å². The Morgan fingerprint density at radius 2 is 1.94 bits per heavy atom. The fourth-order valence-electron chi connectivity index (χ4n) is 4.73. The van der Waals surface area contributed by atoms with E-state index in [0.29, 0.717) is 28.0 Å². The van der Waals surface area contributed by atoms with Crippen LogP contribution in [0.25, 0.3) is 28.4 Å². The molecule has 0 saturated heterocycles. The molecule has 0 amide bonds. The average Bonchev–Trinajstić information content (AvgIpc) is 2.74. The highest BCUT2D eigenvalue weighted by atomic mass is 16.5. The highest BCUT2D eigenvalue weighted by molar-refractivity contribution is 5.96. The molecule has 3 aromatic rings. The van der Waals surface area contributed by atoms with E-state index >= 15 is 0 Å². The number of methoxy groups -OCH3 is 1. The molecule has 2 aromatic carbocycles. The molecule has 7 heteroatoms. The second-order valence-electron chi connectivity index (χ2n) is 9.13. The molecule has 3 N–H and O–H groups in total. The van der Waals surface area contributed by atoms with Crippen molar-refractivity contribution in [2.24, 2.45) is 0 Å². The summed E-state index contributed by atoms with van der Waals surface area (Å²) in [5.74, 6) is -0.415. The molecule has 2 heterocycles. The van der Waals surface area contributed by atoms with Gasteiger partial charge in [-0.3, -0.25) is 4.79 Å². The van der Waals surface area contributed by atoms with Crippen molar-refractivity contribution in [3.05, 3.63) is 57.3 Å². The Morgan fingerprint density at radius 1 is 1.21 bits per heavy atom. The maximum atomic E-state index is 13.6. The van der Waals surface area contributed by atoms with Gasteiger partial charge in [0, 0.05) is 29.2 Å². The summed E-state index contributed by atoms with van der Waals surface area (Å²) in [6.07, 6.45) is 3.82. The van der Waals surface area contributed by atoms with Gasteiger partial charge in [0.05, 0.1) is 18.2 Å². The van der Waals surface area contributed by atoms with Gasteiger partial charge >= 0.3 is 0 Å². The molecular formula is C26H24O7. The zero-order valence-electron chi connectivity index (χ0n) is 18.8. The van der Waals surface area contributed by atoms with Crippen LogP contribution in [0.3, 0.4) is 0 Å². The van der Waals surface area contributed by atoms with Crippen molar-refractivity contribution in [2.75, 3.05) is 7.11 Å². The van der Waals surface area contributed by atoms with E-state index in [4.69, 9.17) is 13.9 Å². The number of fused-ring (bicyclic) bond motifs is 6. The van der Waals surface area contributed by atoms with Crippen LogP contribution in [0.2, 0.25) is 0 Å². The smallest absolute Gasteiger partial charge is 0.200 e. The van der Waals surface area contributed by atoms with Crippen molar-refractivity contribution in [2.45, 2.75) is 38.7 Å². The molecule has 33 heavy (non-hydrogen) atoms. The third-order valence-corrected chi connectivity index (χ3v) is 6.35. The summed E-state index contributed by atoms with van der Waals surface area (Å²) in [4.78, 5) is 13.6. The van der Waals surface area contributed by atoms with E-state index in [-0.39, 0.29) is 51.7 Å². The minimum absolute atomic E-state index is 0.0431. The maximum Gasteiger partial charge on any atom is 0.200 e. The van der Waals surface area contributed by atoms with E-state index in [1.165, 1.54) is 19.2 Å². The fraction of sp³-hybridized carbons (Fsp3) is 0.269. The highest BCUT2D eigenvalue weighted by Crippen LogP contribution is 2.54. The molecule has 1 atom stereocenters. The van der Waals surface area contributed by atoms with Gasteiger partial charge in [-0.15, -0.1) is 0 Å². The second-order valence-corrected chi connectivity index (χ2v) is 9.13. The lowest BCUT2D eigenvalue weighted by Gasteiger charge is -2.30. The molecule has 170 valence electrons. The summed E-state index contributed by atoms with van der Waals surface area (Å²) >= 11 is 0. The molecule has 5 rings (SSSR count). The maximum absolute atomic E-state index is 13.6. The van der Waals surface area contributed by atoms with Gasteiger partial charge in [-0.25, -0.2) is 0 Å². The van der Waals surface area contributed by atoms with E-state index in [9.17, 15) is 20.1 Å². The van der Waals surface area contributed by atoms with Crippen LogP contribution in [0.1, 0.15) is 43.4 Å². The van der Waals surface area contributed by atoms with Crippen LogP contribution in [-0.4, -0.2) is 28.0 Å². The van der Waals surface area contributed by atoms with E-state index in [1.54, 1.807) is 13.0 Å². The summed E-state index contributed by atoms with van der Waals surface area (Å²) < 4.78 is 17.4. The molecule has 0 unspecified atom stereocenters. The molecule has 1 aromatic heterocycles. The summed E-state index contributed by atoms with van der Waals surface area (Å²) in [7, 11) is 1.39. The van der Waals surface area contributed by atoms with Crippen molar-refractivity contribution in [3.63, 3.8) is 0 Å². The monoisotopic (exact) mass is 448 g/mol. The largest absolute Gasteiger partial charge is 0.507 e. The van der Waals surface area contributed by atoms with E-state index < -0.39 is 16.9 Å². The van der Waals surface area contributed by atoms with Crippen LogP contribution in [0.4, 0.5) is 0 Å². The molecule has 0 spiro atoms. The highest BCUT2D eigenvalue weighted by Gasteiger charge is 2.37. The van der Waals surface area contributed by atoms with E-state index in [2.05, 4.69) is 6.58 Å². The predicted octanol–water partition coefficient (Wildman–Crippen LogP) is 4.99. The molecule has 0 bridgehead atoms. The summed E-state index contributed by atoms with van der Waals surface area (Å²) in [6.45, 7) is 9.55. The number of hydrogen-bond acceptors (Lipinski definition) is 7. The Morgan fingerprint density at radius 3 is 2.61 bits per heavy atom. The minimum atomic E-state index is -0.594. The molecule has 0 radical (unpaired) electrons. The quantitative estimate of drug-likeness (QED) is 0.374. The van der Waals surface area contributed by atoms with Gasteiger partial charge < -0.3 is 29.2 Å². The Bertz CT molecular complexity index is 1460. The van der Waals surface area contributed by atoms with E-state index in [0.717, 1.165) is 0 Å². The van der Waals surface area contributed by atoms with Crippen LogP contribution in [-0.2, 0) is 6.42 Å². The first-order valence-electron chi connectivity index (χ1n) is 10.6. The minimum Gasteiger partial charge on any atom is -0.507 e. The van der Waals surface area contributed by atoms with Gasteiger partial charge in [-0.1, -0.05) is 12.2 Å². The van der Waals surface area contributed by atoms with Crippen molar-refractivity contribution < 1.29 is 29.2 Å². The number of phenolic OH excluding ortho intramolecular Hbond substituents is 3. The van der Waals surface area contributed by atoms with Crippen LogP contribution in [0, 0.1) is 0 Å². The molecular weight excluding hydrogens is 424 g/mol. The lowest BCUT2D eigenvalue weighted by molar-refractivity contribution is 0.158. The molecule has 0 fully saturated rings. The second kappa shape index (κ2) is 6.81. The SMILES string of the molecule is C=C(C)[C@@H]1Cc2c(oc3c4c(cc(O)c3c2=O)OC(C)(C)C=C4)-c2c(O)cc(OC)c(O)c21. The summed E-state index contributed by atoms with van der Waals surface area (Å²) in [5, 5.41) is 32.6. The predicted molar refractivity (Wildman–Crippen MR) is 124 cm³/mol. The van der Waals surface area contributed by atoms with Crippen molar-refractivity contribution in [3.8, 4) is 40.1 Å². The third-order valence-electron chi connectivity index (χ3n) is 6.35. The summed E-state index contributed by atoms with van der Waals surface area (Å²) in [5.41, 5.74) is 1.24. The molecule has 2 aliphatic rings. The zero-order chi connectivity index (χ0) is 23.8. The van der Waals surface area contributed by atoms with Gasteiger partial charge in [0.2, 0.25) is 0 Å². The Hall–Kier alpha value is -3.87. The Kier molecular flexibility index (Phi) is 4.34. The first-order valence-corrected chi connectivity index (χ1v) is 10.6. The van der Waals surface area contributed by atoms with Crippen molar-refractivity contribution >= 4 is 17.0 Å². The van der Waals surface area contributed by atoms with E-state index in [1.807, 2.05) is 19.9 Å². The normalized spacial score (nSPS) is 17.6. The topological polar surface area (TPSA) is 109 Å². The van der Waals surface area contributed by atoms with Gasteiger partial charge in [0.25, 0.3) is 0 Å². The van der Waals surface area contributed by atoms with Crippen molar-refractivity contribution in [1.29, 1.82) is 0 Å². The number of allylic oxidation sites excluding steroid dienone is 1. The van der Waals surface area contributed by atoms with Crippen molar-refractivity contribution in [1.82, 2.24) is 0 Å². The van der Waals surface area contributed by atoms with Crippen LogP contribution in [0.15, 0.2) is 39.6 Å². The molecule has 7 nitrogen and oxygen atoms in total. The lowest BCUT2D eigenvalue weighted by atomic mass is 9.77. The van der Waals surface area contributed by atoms with Gasteiger partial charge in [0.15, 0.2) is 22.5 Å². The van der Waals surface area contributed by atoms with Crippen LogP contribution >= 0.6 is 0 Å². The fourth-order valence-corrected chi connectivity index (χ4v) is 4.73. The van der Waals surface area contributed by atoms with Crippen LogP contribution in [0.5, 0.6) is 28.7 Å².